The quantitative estimate of drug-likeness (QED) is 0.891. The third kappa shape index (κ3) is 5.05. The Balaban J connectivity index is 1.99. The summed E-state index contributed by atoms with van der Waals surface area (Å²) in [5.41, 5.74) is 0.364. The van der Waals surface area contributed by atoms with Gasteiger partial charge in [-0.25, -0.2) is 4.39 Å². The zero-order valence-corrected chi connectivity index (χ0v) is 13.0. The number of likely N-dealkylation sites (tertiary alicyclic amines) is 1. The largest absolute Gasteiger partial charge is 0.333 e. The molecule has 2 rings (SSSR count). The highest BCUT2D eigenvalue weighted by Gasteiger charge is 2.19. The van der Waals surface area contributed by atoms with E-state index in [1.165, 1.54) is 19.1 Å². The molecule has 2 N–H and O–H groups in total. The maximum absolute atomic E-state index is 13.6. The molecule has 1 heterocycles. The number of hydrogen-bond donors (Lipinski definition) is 2. The normalized spacial score (nSPS) is 15.0. The molecule has 1 aliphatic heterocycles. The van der Waals surface area contributed by atoms with E-state index in [4.69, 9.17) is 0 Å². The first-order chi connectivity index (χ1) is 11.0. The van der Waals surface area contributed by atoms with E-state index in [1.54, 1.807) is 4.90 Å². The first-order valence-corrected chi connectivity index (χ1v) is 7.60. The van der Waals surface area contributed by atoms with Crippen LogP contribution in [0.15, 0.2) is 18.2 Å². The van der Waals surface area contributed by atoms with Crippen molar-refractivity contribution in [1.82, 2.24) is 4.90 Å². The number of hydrogen-bond acceptors (Lipinski definition) is 3. The minimum absolute atomic E-state index is 0.00106. The Morgan fingerprint density at radius 2 is 2.00 bits per heavy atom. The van der Waals surface area contributed by atoms with Gasteiger partial charge in [0.25, 0.3) is 0 Å². The number of carbonyl (C=O) groups is 3. The Morgan fingerprint density at radius 1 is 1.22 bits per heavy atom. The Kier molecular flexibility index (Phi) is 5.67. The van der Waals surface area contributed by atoms with Gasteiger partial charge in [-0.15, -0.1) is 0 Å². The Hall–Kier alpha value is -2.44. The third-order valence-electron chi connectivity index (χ3n) is 3.57. The van der Waals surface area contributed by atoms with Crippen molar-refractivity contribution in [2.75, 3.05) is 23.7 Å². The summed E-state index contributed by atoms with van der Waals surface area (Å²) < 4.78 is 13.6. The predicted octanol–water partition coefficient (Wildman–Crippen LogP) is 2.13. The third-order valence-corrected chi connectivity index (χ3v) is 3.57. The predicted molar refractivity (Wildman–Crippen MR) is 84.4 cm³/mol. The molecule has 7 heteroatoms. The number of anilines is 2. The monoisotopic (exact) mass is 321 g/mol. The topological polar surface area (TPSA) is 78.5 Å². The van der Waals surface area contributed by atoms with Gasteiger partial charge in [-0.2, -0.15) is 0 Å². The number of nitrogens with one attached hydrogen (secondary N) is 2. The van der Waals surface area contributed by atoms with E-state index in [-0.39, 0.29) is 24.0 Å². The summed E-state index contributed by atoms with van der Waals surface area (Å²) in [5, 5.41) is 4.97. The highest BCUT2D eigenvalue weighted by atomic mass is 19.1. The molecule has 124 valence electrons. The number of benzene rings is 1. The van der Waals surface area contributed by atoms with Crippen LogP contribution in [0.5, 0.6) is 0 Å². The number of halogens is 1. The van der Waals surface area contributed by atoms with E-state index < -0.39 is 11.7 Å². The maximum Gasteiger partial charge on any atom is 0.243 e. The Labute approximate surface area is 134 Å². The second kappa shape index (κ2) is 7.71. The summed E-state index contributed by atoms with van der Waals surface area (Å²) in [6.45, 7) is 1.83. The van der Waals surface area contributed by atoms with Crippen molar-refractivity contribution in [2.45, 2.75) is 32.6 Å². The van der Waals surface area contributed by atoms with Crippen molar-refractivity contribution in [3.8, 4) is 0 Å². The van der Waals surface area contributed by atoms with E-state index in [9.17, 15) is 18.8 Å². The highest BCUT2D eigenvalue weighted by Crippen LogP contribution is 2.20. The zero-order chi connectivity index (χ0) is 16.8. The van der Waals surface area contributed by atoms with Gasteiger partial charge in [0.15, 0.2) is 0 Å². The van der Waals surface area contributed by atoms with Gasteiger partial charge >= 0.3 is 0 Å². The van der Waals surface area contributed by atoms with Gasteiger partial charge in [-0.05, 0) is 31.0 Å². The summed E-state index contributed by atoms with van der Waals surface area (Å²) in [6, 6.07) is 3.92. The van der Waals surface area contributed by atoms with Crippen LogP contribution in [0, 0.1) is 5.82 Å². The zero-order valence-electron chi connectivity index (χ0n) is 13.0. The molecule has 0 aromatic heterocycles. The molecule has 0 atom stereocenters. The lowest BCUT2D eigenvalue weighted by atomic mass is 10.2. The molecule has 0 bridgehead atoms. The molecule has 1 aromatic carbocycles. The van der Waals surface area contributed by atoms with Crippen LogP contribution in [-0.4, -0.2) is 35.7 Å². The minimum atomic E-state index is -0.583. The van der Waals surface area contributed by atoms with E-state index in [1.807, 2.05) is 0 Å². The molecule has 1 aliphatic rings. The number of nitrogens with zero attached hydrogens (tertiary/aromatic N) is 1. The van der Waals surface area contributed by atoms with Gasteiger partial charge in [0.1, 0.15) is 5.82 Å². The van der Waals surface area contributed by atoms with Crippen molar-refractivity contribution in [3.05, 3.63) is 24.0 Å². The fourth-order valence-corrected chi connectivity index (χ4v) is 2.47. The van der Waals surface area contributed by atoms with Crippen molar-refractivity contribution in [3.63, 3.8) is 0 Å². The minimum Gasteiger partial charge on any atom is -0.333 e. The van der Waals surface area contributed by atoms with Gasteiger partial charge in [0.2, 0.25) is 17.7 Å². The molecule has 23 heavy (non-hydrogen) atoms. The molecule has 3 amide bonds. The average molecular weight is 321 g/mol. The van der Waals surface area contributed by atoms with E-state index >= 15 is 0 Å². The summed E-state index contributed by atoms with van der Waals surface area (Å²) in [7, 11) is 0. The lowest BCUT2D eigenvalue weighted by Gasteiger charge is -2.20. The number of carbonyl (C=O) groups excluding carboxylic acids is 3. The van der Waals surface area contributed by atoms with Gasteiger partial charge in [-0.3, -0.25) is 14.4 Å². The summed E-state index contributed by atoms with van der Waals surface area (Å²) in [5.74, 6) is -1.35. The molecule has 0 spiro atoms. The molecule has 1 saturated heterocycles. The Morgan fingerprint density at radius 3 is 2.74 bits per heavy atom. The summed E-state index contributed by atoms with van der Waals surface area (Å²) in [4.78, 5) is 36.5. The van der Waals surface area contributed by atoms with Crippen LogP contribution in [0.3, 0.4) is 0 Å². The smallest absolute Gasteiger partial charge is 0.243 e. The van der Waals surface area contributed by atoms with Crippen LogP contribution in [0.4, 0.5) is 15.8 Å². The molecule has 0 saturated carbocycles. The molecule has 0 aliphatic carbocycles. The van der Waals surface area contributed by atoms with E-state index in [0.29, 0.717) is 18.7 Å². The van der Waals surface area contributed by atoms with Gasteiger partial charge in [-0.1, -0.05) is 6.42 Å². The first kappa shape index (κ1) is 16.9. The number of rotatable bonds is 4. The van der Waals surface area contributed by atoms with Crippen LogP contribution in [0.25, 0.3) is 0 Å². The second-order valence-electron chi connectivity index (χ2n) is 5.55. The molecule has 0 radical (unpaired) electrons. The summed E-state index contributed by atoms with van der Waals surface area (Å²) >= 11 is 0. The summed E-state index contributed by atoms with van der Waals surface area (Å²) in [6.07, 6.45) is 3.20. The molecular weight excluding hydrogens is 301 g/mol. The highest BCUT2D eigenvalue weighted by molar-refractivity contribution is 5.96. The Bertz CT molecular complexity index is 619. The fourth-order valence-electron chi connectivity index (χ4n) is 2.47. The van der Waals surface area contributed by atoms with Gasteiger partial charge < -0.3 is 15.5 Å². The van der Waals surface area contributed by atoms with Crippen LogP contribution in [-0.2, 0) is 14.4 Å². The molecule has 1 fully saturated rings. The van der Waals surface area contributed by atoms with Crippen molar-refractivity contribution in [2.24, 2.45) is 0 Å². The van der Waals surface area contributed by atoms with Gasteiger partial charge in [0, 0.05) is 25.6 Å². The van der Waals surface area contributed by atoms with Crippen molar-refractivity contribution < 1.29 is 18.8 Å². The average Bonchev–Trinajstić information content (AvgIpc) is 2.67. The standard InChI is InChI=1S/C16H20FN3O3/c1-11(21)18-14-9-12(6-7-13(14)17)19-15(22)10-20-8-4-2-3-5-16(20)23/h6-7,9H,2-5,8,10H2,1H3,(H,18,21)(H,19,22). The first-order valence-electron chi connectivity index (χ1n) is 7.60. The second-order valence-corrected chi connectivity index (χ2v) is 5.55. The molecule has 1 aromatic rings. The molecule has 6 nitrogen and oxygen atoms in total. The lowest BCUT2D eigenvalue weighted by molar-refractivity contribution is -0.134. The SMILES string of the molecule is CC(=O)Nc1cc(NC(=O)CN2CCCCCC2=O)ccc1F. The maximum atomic E-state index is 13.6. The van der Waals surface area contributed by atoms with Crippen molar-refractivity contribution >= 4 is 29.1 Å². The van der Waals surface area contributed by atoms with E-state index in [2.05, 4.69) is 10.6 Å². The fraction of sp³-hybridized carbons (Fsp3) is 0.438. The van der Waals surface area contributed by atoms with Gasteiger partial charge in [0.05, 0.1) is 12.2 Å². The number of amides is 3. The van der Waals surface area contributed by atoms with Crippen LogP contribution in [0.2, 0.25) is 0 Å². The van der Waals surface area contributed by atoms with Crippen LogP contribution < -0.4 is 10.6 Å². The molecule has 0 unspecified atom stereocenters. The lowest BCUT2D eigenvalue weighted by Crippen LogP contribution is -2.37. The van der Waals surface area contributed by atoms with Crippen molar-refractivity contribution in [1.29, 1.82) is 0 Å². The van der Waals surface area contributed by atoms with Crippen LogP contribution >= 0.6 is 0 Å². The molecular formula is C16H20FN3O3. The van der Waals surface area contributed by atoms with Crippen LogP contribution in [0.1, 0.15) is 32.6 Å². The van der Waals surface area contributed by atoms with E-state index in [0.717, 1.165) is 25.3 Å².